The smallest absolute Gasteiger partial charge is 0.243 e. The van der Waals surface area contributed by atoms with E-state index in [0.717, 1.165) is 30.7 Å². The van der Waals surface area contributed by atoms with Crippen LogP contribution in [0.4, 0.5) is 5.69 Å². The molecule has 1 aromatic heterocycles. The zero-order valence-electron chi connectivity index (χ0n) is 12.1. The summed E-state index contributed by atoms with van der Waals surface area (Å²) in [6.07, 6.45) is 4.15. The molecule has 0 spiro atoms. The van der Waals surface area contributed by atoms with Gasteiger partial charge in [0.15, 0.2) is 0 Å². The Morgan fingerprint density at radius 2 is 2.24 bits per heavy atom. The maximum absolute atomic E-state index is 12.3. The first-order chi connectivity index (χ1) is 10.2. The number of carbonyl (C=O) groups excluding carboxylic acids is 1. The highest BCUT2D eigenvalue weighted by Crippen LogP contribution is 2.25. The van der Waals surface area contributed by atoms with Crippen LogP contribution in [0.1, 0.15) is 24.7 Å². The molecule has 110 valence electrons. The fourth-order valence-electron chi connectivity index (χ4n) is 2.69. The fraction of sp³-hybridized carbons (Fsp3) is 0.353. The highest BCUT2D eigenvalue weighted by molar-refractivity contribution is 5.87. The number of aryl methyl sites for hydroxylation is 1. The summed E-state index contributed by atoms with van der Waals surface area (Å²) in [5, 5.41) is 6.35. The first-order valence-corrected chi connectivity index (χ1v) is 7.39. The van der Waals surface area contributed by atoms with Crippen LogP contribution in [0.25, 0.3) is 0 Å². The van der Waals surface area contributed by atoms with E-state index >= 15 is 0 Å². The molecule has 2 atom stereocenters. The Labute approximate surface area is 124 Å². The number of anilines is 1. The normalized spacial score (nSPS) is 17.9. The van der Waals surface area contributed by atoms with E-state index in [1.165, 1.54) is 5.56 Å². The zero-order chi connectivity index (χ0) is 14.7. The van der Waals surface area contributed by atoms with E-state index in [0.29, 0.717) is 0 Å². The van der Waals surface area contributed by atoms with Crippen molar-refractivity contribution in [1.29, 1.82) is 0 Å². The van der Waals surface area contributed by atoms with Gasteiger partial charge in [0.25, 0.3) is 0 Å². The van der Waals surface area contributed by atoms with E-state index in [1.807, 2.05) is 37.3 Å². The largest absolute Gasteiger partial charge is 0.469 e. The molecule has 0 saturated carbocycles. The Morgan fingerprint density at radius 1 is 1.38 bits per heavy atom. The highest BCUT2D eigenvalue weighted by Gasteiger charge is 2.26. The number of carbonyl (C=O) groups is 1. The summed E-state index contributed by atoms with van der Waals surface area (Å²) in [5.74, 6) is 1.03. The van der Waals surface area contributed by atoms with Crippen LogP contribution in [0.15, 0.2) is 47.1 Å². The third-order valence-corrected chi connectivity index (χ3v) is 3.88. The average molecular weight is 284 g/mol. The van der Waals surface area contributed by atoms with Gasteiger partial charge in [-0.1, -0.05) is 18.2 Å². The minimum atomic E-state index is -0.159. The zero-order valence-corrected chi connectivity index (χ0v) is 12.1. The predicted molar refractivity (Wildman–Crippen MR) is 82.2 cm³/mol. The van der Waals surface area contributed by atoms with E-state index in [1.54, 1.807) is 6.26 Å². The number of rotatable bonds is 5. The number of para-hydroxylation sites is 1. The number of nitrogens with one attached hydrogen (secondary N) is 2. The molecular formula is C17H20N2O2. The summed E-state index contributed by atoms with van der Waals surface area (Å²) >= 11 is 0. The number of amides is 1. The molecular weight excluding hydrogens is 264 g/mol. The van der Waals surface area contributed by atoms with Gasteiger partial charge < -0.3 is 15.1 Å². The fourth-order valence-corrected chi connectivity index (χ4v) is 2.69. The maximum atomic E-state index is 12.3. The Morgan fingerprint density at radius 3 is 3.00 bits per heavy atom. The molecule has 0 aliphatic carbocycles. The van der Waals surface area contributed by atoms with Crippen molar-refractivity contribution in [2.24, 2.45) is 0 Å². The third-order valence-electron chi connectivity index (χ3n) is 3.88. The van der Waals surface area contributed by atoms with E-state index in [2.05, 4.69) is 16.7 Å². The lowest BCUT2D eigenvalue weighted by Gasteiger charge is -2.17. The standard InChI is InChI=1S/C17H20N2O2/c1-12(8-9-14-6-4-10-21-14)18-17(20)16-11-13-5-2-3-7-15(13)19-16/h2-7,10,12,16,19H,8-9,11H2,1H3,(H,18,20). The van der Waals surface area contributed by atoms with Gasteiger partial charge in [0.2, 0.25) is 5.91 Å². The van der Waals surface area contributed by atoms with Crippen LogP contribution in [0, 0.1) is 0 Å². The Hall–Kier alpha value is -2.23. The molecule has 0 radical (unpaired) electrons. The number of hydrogen-bond acceptors (Lipinski definition) is 3. The minimum Gasteiger partial charge on any atom is -0.469 e. The number of benzene rings is 1. The van der Waals surface area contributed by atoms with Crippen molar-refractivity contribution in [3.05, 3.63) is 54.0 Å². The summed E-state index contributed by atoms with van der Waals surface area (Å²) in [7, 11) is 0. The van der Waals surface area contributed by atoms with Gasteiger partial charge in [0.1, 0.15) is 11.8 Å². The van der Waals surface area contributed by atoms with Crippen LogP contribution in [0.3, 0.4) is 0 Å². The van der Waals surface area contributed by atoms with Gasteiger partial charge in [-0.3, -0.25) is 4.79 Å². The molecule has 1 aliphatic rings. The molecule has 0 bridgehead atoms. The van der Waals surface area contributed by atoms with Crippen molar-refractivity contribution in [2.75, 3.05) is 5.32 Å². The lowest BCUT2D eigenvalue weighted by atomic mass is 10.1. The number of furan rings is 1. The SMILES string of the molecule is CC(CCc1ccco1)NC(=O)C1Cc2ccccc2N1. The first kappa shape index (κ1) is 13.7. The van der Waals surface area contributed by atoms with Crippen LogP contribution in [-0.2, 0) is 17.6 Å². The molecule has 1 aromatic carbocycles. The minimum absolute atomic E-state index is 0.0677. The molecule has 1 amide bonds. The van der Waals surface area contributed by atoms with Gasteiger partial charge in [0.05, 0.1) is 6.26 Å². The number of hydrogen-bond donors (Lipinski definition) is 2. The Balaban J connectivity index is 1.48. The first-order valence-electron chi connectivity index (χ1n) is 7.39. The number of fused-ring (bicyclic) bond motifs is 1. The van der Waals surface area contributed by atoms with Crippen molar-refractivity contribution in [2.45, 2.75) is 38.3 Å². The summed E-state index contributed by atoms with van der Waals surface area (Å²) < 4.78 is 5.31. The van der Waals surface area contributed by atoms with E-state index in [9.17, 15) is 4.79 Å². The van der Waals surface area contributed by atoms with Crippen LogP contribution in [0.5, 0.6) is 0 Å². The molecule has 4 nitrogen and oxygen atoms in total. The monoisotopic (exact) mass is 284 g/mol. The van der Waals surface area contributed by atoms with Gasteiger partial charge in [-0.15, -0.1) is 0 Å². The lowest BCUT2D eigenvalue weighted by molar-refractivity contribution is -0.122. The summed E-state index contributed by atoms with van der Waals surface area (Å²) in [4.78, 5) is 12.3. The van der Waals surface area contributed by atoms with Crippen molar-refractivity contribution < 1.29 is 9.21 Å². The van der Waals surface area contributed by atoms with E-state index < -0.39 is 0 Å². The molecule has 0 saturated heterocycles. The van der Waals surface area contributed by atoms with Crippen molar-refractivity contribution in [1.82, 2.24) is 5.32 Å². The summed E-state index contributed by atoms with van der Waals surface area (Å²) in [6, 6.07) is 11.9. The topological polar surface area (TPSA) is 54.3 Å². The molecule has 2 aromatic rings. The molecule has 0 fully saturated rings. The second-order valence-electron chi connectivity index (χ2n) is 5.59. The van der Waals surface area contributed by atoms with Gasteiger partial charge in [0, 0.05) is 24.6 Å². The molecule has 1 aliphatic heterocycles. The summed E-state index contributed by atoms with van der Waals surface area (Å²) in [5.41, 5.74) is 2.28. The predicted octanol–water partition coefficient (Wildman–Crippen LogP) is 2.75. The molecule has 3 rings (SSSR count). The highest BCUT2D eigenvalue weighted by atomic mass is 16.3. The van der Waals surface area contributed by atoms with Crippen LogP contribution in [0.2, 0.25) is 0 Å². The second kappa shape index (κ2) is 6.04. The maximum Gasteiger partial charge on any atom is 0.243 e. The van der Waals surface area contributed by atoms with Crippen molar-refractivity contribution in [3.63, 3.8) is 0 Å². The van der Waals surface area contributed by atoms with Crippen molar-refractivity contribution >= 4 is 11.6 Å². The van der Waals surface area contributed by atoms with Crippen molar-refractivity contribution in [3.8, 4) is 0 Å². The van der Waals surface area contributed by atoms with Gasteiger partial charge in [-0.25, -0.2) is 0 Å². The molecule has 4 heteroatoms. The molecule has 2 heterocycles. The van der Waals surface area contributed by atoms with Gasteiger partial charge in [-0.05, 0) is 37.1 Å². The second-order valence-corrected chi connectivity index (χ2v) is 5.59. The quantitative estimate of drug-likeness (QED) is 0.887. The lowest BCUT2D eigenvalue weighted by Crippen LogP contribution is -2.43. The average Bonchev–Trinajstić information content (AvgIpc) is 3.14. The van der Waals surface area contributed by atoms with E-state index in [4.69, 9.17) is 4.42 Å². The van der Waals surface area contributed by atoms with Crippen LogP contribution in [-0.4, -0.2) is 18.0 Å². The molecule has 21 heavy (non-hydrogen) atoms. The summed E-state index contributed by atoms with van der Waals surface area (Å²) in [6.45, 7) is 2.03. The molecule has 2 N–H and O–H groups in total. The van der Waals surface area contributed by atoms with Crippen LogP contribution >= 0.6 is 0 Å². The Kier molecular flexibility index (Phi) is 3.95. The molecule has 2 unspecified atom stereocenters. The van der Waals surface area contributed by atoms with Gasteiger partial charge in [-0.2, -0.15) is 0 Å². The van der Waals surface area contributed by atoms with Crippen LogP contribution < -0.4 is 10.6 Å². The third kappa shape index (κ3) is 3.27. The van der Waals surface area contributed by atoms with E-state index in [-0.39, 0.29) is 18.0 Å². The Bertz CT molecular complexity index is 582. The van der Waals surface area contributed by atoms with Gasteiger partial charge >= 0.3 is 0 Å².